The lowest BCUT2D eigenvalue weighted by molar-refractivity contribution is 0.134. The van der Waals surface area contributed by atoms with Gasteiger partial charge in [0, 0.05) is 31.7 Å². The Bertz CT molecular complexity index is 520. The van der Waals surface area contributed by atoms with Gasteiger partial charge in [0.1, 0.15) is 12.0 Å². The van der Waals surface area contributed by atoms with Crippen molar-refractivity contribution >= 4 is 10.0 Å². The summed E-state index contributed by atoms with van der Waals surface area (Å²) in [5, 5.41) is 3.64. The maximum Gasteiger partial charge on any atom is 0.217 e. The van der Waals surface area contributed by atoms with Crippen LogP contribution < -0.4 is 4.72 Å². The van der Waals surface area contributed by atoms with E-state index in [9.17, 15) is 8.42 Å². The van der Waals surface area contributed by atoms with Crippen molar-refractivity contribution in [2.75, 3.05) is 19.6 Å². The number of rotatable bonds is 6. The van der Waals surface area contributed by atoms with E-state index in [4.69, 9.17) is 0 Å². The molecule has 0 saturated carbocycles. The fraction of sp³-hybridized carbons (Fsp3) is 0.786. The highest BCUT2D eigenvalue weighted by Crippen LogP contribution is 2.20. The molecular weight excluding hydrogens is 290 g/mol. The molecule has 0 radical (unpaired) electrons. The first kappa shape index (κ1) is 16.5. The summed E-state index contributed by atoms with van der Waals surface area (Å²) in [4.78, 5) is 2.35. The Balaban J connectivity index is 1.84. The van der Waals surface area contributed by atoms with Crippen LogP contribution in [0, 0.1) is 11.8 Å². The standard InChI is InChI=1S/C14H25N3O3S/c1-11-6-12(2)8-17(7-11)9-13(3)16-21(18,19)10-14-4-5-20-15-14/h4-5,11-13,16H,6-10H2,1-3H3/t11-,12-,13+/m1/s1. The van der Waals surface area contributed by atoms with E-state index < -0.39 is 10.0 Å². The zero-order chi connectivity index (χ0) is 15.5. The molecule has 21 heavy (non-hydrogen) atoms. The Morgan fingerprint density at radius 1 is 1.43 bits per heavy atom. The van der Waals surface area contributed by atoms with Crippen molar-refractivity contribution in [3.05, 3.63) is 18.0 Å². The first-order chi connectivity index (χ1) is 9.84. The molecule has 0 aromatic carbocycles. The summed E-state index contributed by atoms with van der Waals surface area (Å²) in [5.41, 5.74) is 0.426. The molecule has 0 unspecified atom stereocenters. The first-order valence-corrected chi connectivity index (χ1v) is 9.11. The smallest absolute Gasteiger partial charge is 0.217 e. The van der Waals surface area contributed by atoms with Gasteiger partial charge in [-0.1, -0.05) is 19.0 Å². The van der Waals surface area contributed by atoms with Crippen LogP contribution in [0.15, 0.2) is 16.9 Å². The van der Waals surface area contributed by atoms with E-state index in [2.05, 4.69) is 33.1 Å². The Morgan fingerprint density at radius 3 is 2.67 bits per heavy atom. The maximum absolute atomic E-state index is 12.1. The largest absolute Gasteiger partial charge is 0.364 e. The highest BCUT2D eigenvalue weighted by Gasteiger charge is 2.24. The molecule has 1 aliphatic rings. The third-order valence-corrected chi connectivity index (χ3v) is 5.12. The number of sulfonamides is 1. The molecule has 120 valence electrons. The number of nitrogens with one attached hydrogen (secondary N) is 1. The lowest BCUT2D eigenvalue weighted by Gasteiger charge is -2.36. The van der Waals surface area contributed by atoms with E-state index in [0.29, 0.717) is 17.5 Å². The van der Waals surface area contributed by atoms with Crippen LogP contribution in [0.5, 0.6) is 0 Å². The van der Waals surface area contributed by atoms with Crippen LogP contribution in [0.3, 0.4) is 0 Å². The highest BCUT2D eigenvalue weighted by atomic mass is 32.2. The summed E-state index contributed by atoms with van der Waals surface area (Å²) in [6.07, 6.45) is 2.63. The highest BCUT2D eigenvalue weighted by molar-refractivity contribution is 7.88. The van der Waals surface area contributed by atoms with Gasteiger partial charge in [-0.05, 0) is 25.2 Å². The van der Waals surface area contributed by atoms with Crippen LogP contribution in [-0.2, 0) is 15.8 Å². The molecule has 0 spiro atoms. The van der Waals surface area contributed by atoms with Gasteiger partial charge in [-0.2, -0.15) is 0 Å². The molecule has 1 aromatic rings. The summed E-state index contributed by atoms with van der Waals surface area (Å²) in [6, 6.07) is 1.46. The van der Waals surface area contributed by atoms with E-state index in [0.717, 1.165) is 19.6 Å². The van der Waals surface area contributed by atoms with Gasteiger partial charge >= 0.3 is 0 Å². The van der Waals surface area contributed by atoms with Crippen LogP contribution in [0.25, 0.3) is 0 Å². The fourth-order valence-corrected chi connectivity index (χ4v) is 4.53. The van der Waals surface area contributed by atoms with Gasteiger partial charge in [-0.25, -0.2) is 13.1 Å². The summed E-state index contributed by atoms with van der Waals surface area (Å²) in [5.74, 6) is 1.21. The molecule has 1 aromatic heterocycles. The third kappa shape index (κ3) is 5.41. The summed E-state index contributed by atoms with van der Waals surface area (Å²) in [7, 11) is -3.38. The molecule has 1 N–H and O–H groups in total. The number of aromatic nitrogens is 1. The van der Waals surface area contributed by atoms with E-state index in [-0.39, 0.29) is 11.8 Å². The normalized spacial score (nSPS) is 25.9. The Hall–Kier alpha value is -0.920. The SMILES string of the molecule is C[C@@H]1C[C@@H](C)CN(C[C@H](C)NS(=O)(=O)Cc2ccon2)C1. The second-order valence-electron chi connectivity index (χ2n) is 6.43. The molecule has 7 heteroatoms. The monoisotopic (exact) mass is 315 g/mol. The first-order valence-electron chi connectivity index (χ1n) is 7.45. The Morgan fingerprint density at radius 2 is 2.10 bits per heavy atom. The zero-order valence-corrected chi connectivity index (χ0v) is 13.8. The minimum atomic E-state index is -3.38. The van der Waals surface area contributed by atoms with E-state index in [1.54, 1.807) is 6.07 Å². The van der Waals surface area contributed by atoms with Crippen molar-refractivity contribution in [1.29, 1.82) is 0 Å². The van der Waals surface area contributed by atoms with Crippen molar-refractivity contribution in [2.45, 2.75) is 39.0 Å². The average Bonchev–Trinajstić information content (AvgIpc) is 2.77. The van der Waals surface area contributed by atoms with Crippen molar-refractivity contribution in [1.82, 2.24) is 14.8 Å². The Kier molecular flexibility index (Phi) is 5.40. The quantitative estimate of drug-likeness (QED) is 0.860. The number of nitrogens with zero attached hydrogens (tertiary/aromatic N) is 2. The van der Waals surface area contributed by atoms with Crippen LogP contribution in [0.4, 0.5) is 0 Å². The van der Waals surface area contributed by atoms with Gasteiger partial charge < -0.3 is 9.42 Å². The van der Waals surface area contributed by atoms with Gasteiger partial charge in [0.05, 0.1) is 5.69 Å². The lowest BCUT2D eigenvalue weighted by atomic mass is 9.92. The van der Waals surface area contributed by atoms with E-state index in [1.807, 2.05) is 6.92 Å². The maximum atomic E-state index is 12.1. The van der Waals surface area contributed by atoms with Gasteiger partial charge in [-0.15, -0.1) is 0 Å². The minimum absolute atomic E-state index is 0.112. The number of piperidine rings is 1. The predicted octanol–water partition coefficient (Wildman–Crippen LogP) is 1.46. The molecule has 1 fully saturated rings. The summed E-state index contributed by atoms with van der Waals surface area (Å²) in [6.45, 7) is 9.24. The number of likely N-dealkylation sites (tertiary alicyclic amines) is 1. The molecule has 0 aliphatic carbocycles. The summed E-state index contributed by atoms with van der Waals surface area (Å²) < 4.78 is 31.5. The molecule has 2 heterocycles. The second-order valence-corrected chi connectivity index (χ2v) is 8.19. The van der Waals surface area contributed by atoms with Crippen molar-refractivity contribution in [2.24, 2.45) is 11.8 Å². The van der Waals surface area contributed by atoms with Gasteiger partial charge in [0.15, 0.2) is 0 Å². The van der Waals surface area contributed by atoms with E-state index >= 15 is 0 Å². The summed E-state index contributed by atoms with van der Waals surface area (Å²) >= 11 is 0. The van der Waals surface area contributed by atoms with Crippen LogP contribution in [0.1, 0.15) is 32.9 Å². The minimum Gasteiger partial charge on any atom is -0.364 e. The van der Waals surface area contributed by atoms with Crippen LogP contribution >= 0.6 is 0 Å². The van der Waals surface area contributed by atoms with Gasteiger partial charge in [-0.3, -0.25) is 0 Å². The molecule has 0 bridgehead atoms. The predicted molar refractivity (Wildman–Crippen MR) is 81.1 cm³/mol. The third-order valence-electron chi connectivity index (χ3n) is 3.69. The molecule has 2 rings (SSSR count). The molecule has 3 atom stereocenters. The molecule has 1 aliphatic heterocycles. The molecule has 6 nitrogen and oxygen atoms in total. The van der Waals surface area contributed by atoms with Crippen molar-refractivity contribution < 1.29 is 12.9 Å². The van der Waals surface area contributed by atoms with Crippen molar-refractivity contribution in [3.63, 3.8) is 0 Å². The molecular formula is C14H25N3O3S. The lowest BCUT2D eigenvalue weighted by Crippen LogP contribution is -2.47. The fourth-order valence-electron chi connectivity index (χ4n) is 3.22. The van der Waals surface area contributed by atoms with Crippen LogP contribution in [0.2, 0.25) is 0 Å². The van der Waals surface area contributed by atoms with E-state index in [1.165, 1.54) is 12.7 Å². The number of hydrogen-bond acceptors (Lipinski definition) is 5. The topological polar surface area (TPSA) is 75.4 Å². The molecule has 0 amide bonds. The second kappa shape index (κ2) is 6.89. The average molecular weight is 315 g/mol. The zero-order valence-electron chi connectivity index (χ0n) is 12.9. The van der Waals surface area contributed by atoms with Gasteiger partial charge in [0.25, 0.3) is 0 Å². The van der Waals surface area contributed by atoms with Gasteiger partial charge in [0.2, 0.25) is 10.0 Å². The van der Waals surface area contributed by atoms with Crippen molar-refractivity contribution in [3.8, 4) is 0 Å². The Labute approximate surface area is 126 Å². The van der Waals surface area contributed by atoms with Crippen LogP contribution in [-0.4, -0.2) is 44.2 Å². The molecule has 1 saturated heterocycles. The number of hydrogen-bond donors (Lipinski definition) is 1.